The van der Waals surface area contributed by atoms with Crippen LogP contribution in [0.1, 0.15) is 22.0 Å². The number of nitrogens with one attached hydrogen (secondary N) is 2. The van der Waals surface area contributed by atoms with Crippen LogP contribution < -0.4 is 5.32 Å². The quantitative estimate of drug-likeness (QED) is 0.681. The number of ketones is 1. The Hall–Kier alpha value is -2.92. The molecule has 0 aliphatic rings. The highest BCUT2D eigenvalue weighted by Crippen LogP contribution is 2.24. The van der Waals surface area contributed by atoms with E-state index in [0.717, 1.165) is 16.5 Å². The fraction of sp³-hybridized carbons (Fsp3) is 0.200. The number of para-hydroxylation sites is 1. The average Bonchev–Trinajstić information content (AvgIpc) is 3.06. The standard InChI is InChI=1S/C20H21N3O2/c1-23(2)18(24)13-22-19(14-8-4-3-5-9-14)20(25)16-12-21-17-11-7-6-10-15(16)17/h3-12,19,21-22H,13H2,1-2H3. The molecule has 1 heterocycles. The van der Waals surface area contributed by atoms with Crippen LogP contribution in [-0.4, -0.2) is 42.2 Å². The number of H-pyrrole nitrogens is 1. The first-order valence-electron chi connectivity index (χ1n) is 8.16. The number of fused-ring (bicyclic) bond motifs is 1. The van der Waals surface area contributed by atoms with Gasteiger partial charge < -0.3 is 9.88 Å². The Kier molecular flexibility index (Phi) is 4.95. The number of carbonyl (C=O) groups excluding carboxylic acids is 2. The highest BCUT2D eigenvalue weighted by atomic mass is 16.2. The first-order valence-corrected chi connectivity index (χ1v) is 8.16. The fourth-order valence-corrected chi connectivity index (χ4v) is 2.79. The second-order valence-electron chi connectivity index (χ2n) is 6.12. The lowest BCUT2D eigenvalue weighted by molar-refractivity contribution is -0.127. The van der Waals surface area contributed by atoms with Crippen LogP contribution in [0.25, 0.3) is 10.9 Å². The van der Waals surface area contributed by atoms with E-state index in [0.29, 0.717) is 5.56 Å². The third-order valence-electron chi connectivity index (χ3n) is 4.21. The zero-order valence-electron chi connectivity index (χ0n) is 14.3. The van der Waals surface area contributed by atoms with Crippen LogP contribution in [0.2, 0.25) is 0 Å². The predicted molar refractivity (Wildman–Crippen MR) is 98.5 cm³/mol. The van der Waals surface area contributed by atoms with Crippen LogP contribution >= 0.6 is 0 Å². The van der Waals surface area contributed by atoms with Crippen molar-refractivity contribution in [1.29, 1.82) is 0 Å². The Balaban J connectivity index is 1.93. The molecule has 0 aliphatic heterocycles. The molecule has 1 amide bonds. The number of rotatable bonds is 6. The molecule has 5 heteroatoms. The number of nitrogens with zero attached hydrogens (tertiary/aromatic N) is 1. The topological polar surface area (TPSA) is 65.2 Å². The van der Waals surface area contributed by atoms with Crippen molar-refractivity contribution < 1.29 is 9.59 Å². The highest BCUT2D eigenvalue weighted by Gasteiger charge is 2.24. The summed E-state index contributed by atoms with van der Waals surface area (Å²) >= 11 is 0. The van der Waals surface area contributed by atoms with Gasteiger partial charge in [-0.15, -0.1) is 0 Å². The molecule has 3 rings (SSSR count). The van der Waals surface area contributed by atoms with Crippen molar-refractivity contribution in [2.75, 3.05) is 20.6 Å². The molecule has 25 heavy (non-hydrogen) atoms. The van der Waals surface area contributed by atoms with Gasteiger partial charge in [0.15, 0.2) is 5.78 Å². The Labute approximate surface area is 146 Å². The van der Waals surface area contributed by atoms with E-state index in [9.17, 15) is 9.59 Å². The molecule has 0 saturated carbocycles. The Morgan fingerprint density at radius 3 is 2.44 bits per heavy atom. The maximum atomic E-state index is 13.2. The van der Waals surface area contributed by atoms with E-state index in [4.69, 9.17) is 0 Å². The number of aromatic amines is 1. The summed E-state index contributed by atoms with van der Waals surface area (Å²) in [6.07, 6.45) is 1.73. The van der Waals surface area contributed by atoms with Gasteiger partial charge in [-0.3, -0.25) is 14.9 Å². The van der Waals surface area contributed by atoms with Crippen molar-refractivity contribution >= 4 is 22.6 Å². The maximum Gasteiger partial charge on any atom is 0.236 e. The number of hydrogen-bond donors (Lipinski definition) is 2. The van der Waals surface area contributed by atoms with Gasteiger partial charge in [0.1, 0.15) is 0 Å². The maximum absolute atomic E-state index is 13.2. The predicted octanol–water partition coefficient (Wildman–Crippen LogP) is 2.77. The summed E-state index contributed by atoms with van der Waals surface area (Å²) in [6, 6.07) is 16.6. The Bertz CT molecular complexity index is 884. The van der Waals surface area contributed by atoms with Gasteiger partial charge >= 0.3 is 0 Å². The zero-order chi connectivity index (χ0) is 17.8. The summed E-state index contributed by atoms with van der Waals surface area (Å²) in [4.78, 5) is 29.8. The van der Waals surface area contributed by atoms with Crippen LogP contribution in [0, 0.1) is 0 Å². The first kappa shape index (κ1) is 16.9. The molecule has 0 saturated heterocycles. The van der Waals surface area contributed by atoms with Crippen LogP contribution in [0.5, 0.6) is 0 Å². The van der Waals surface area contributed by atoms with Gasteiger partial charge in [-0.1, -0.05) is 48.5 Å². The van der Waals surface area contributed by atoms with Crippen molar-refractivity contribution in [3.05, 3.63) is 71.9 Å². The molecular weight excluding hydrogens is 314 g/mol. The summed E-state index contributed by atoms with van der Waals surface area (Å²) in [5.41, 5.74) is 2.38. The van der Waals surface area contributed by atoms with E-state index in [1.807, 2.05) is 54.6 Å². The minimum Gasteiger partial charge on any atom is -0.360 e. The monoisotopic (exact) mass is 335 g/mol. The molecule has 0 aliphatic carbocycles. The van der Waals surface area contributed by atoms with E-state index in [-0.39, 0.29) is 18.2 Å². The van der Waals surface area contributed by atoms with Crippen LogP contribution in [0.3, 0.4) is 0 Å². The van der Waals surface area contributed by atoms with Gasteiger partial charge in [-0.25, -0.2) is 0 Å². The summed E-state index contributed by atoms with van der Waals surface area (Å²) in [5, 5.41) is 4.00. The normalized spacial score (nSPS) is 12.1. The minimum absolute atomic E-state index is 0.0600. The number of likely N-dealkylation sites (N-methyl/N-ethyl adjacent to an activating group) is 1. The second kappa shape index (κ2) is 7.32. The van der Waals surface area contributed by atoms with Crippen molar-refractivity contribution in [3.63, 3.8) is 0 Å². The molecule has 0 radical (unpaired) electrons. The molecule has 5 nitrogen and oxygen atoms in total. The number of benzene rings is 2. The van der Waals surface area contributed by atoms with Crippen molar-refractivity contribution in [3.8, 4) is 0 Å². The van der Waals surface area contributed by atoms with Crippen molar-refractivity contribution in [2.24, 2.45) is 0 Å². The van der Waals surface area contributed by atoms with Crippen LogP contribution in [0.4, 0.5) is 0 Å². The molecule has 2 aromatic carbocycles. The summed E-state index contributed by atoms with van der Waals surface area (Å²) in [6.45, 7) is 0.0979. The molecule has 2 N–H and O–H groups in total. The van der Waals surface area contributed by atoms with E-state index >= 15 is 0 Å². The highest BCUT2D eigenvalue weighted by molar-refractivity contribution is 6.10. The molecule has 0 bridgehead atoms. The molecule has 0 fully saturated rings. The largest absolute Gasteiger partial charge is 0.360 e. The minimum atomic E-state index is -0.579. The third kappa shape index (κ3) is 3.61. The zero-order valence-corrected chi connectivity index (χ0v) is 14.3. The lowest BCUT2D eigenvalue weighted by Crippen LogP contribution is -2.37. The lowest BCUT2D eigenvalue weighted by atomic mass is 9.97. The summed E-state index contributed by atoms with van der Waals surface area (Å²) in [5.74, 6) is -0.136. The smallest absolute Gasteiger partial charge is 0.236 e. The fourth-order valence-electron chi connectivity index (χ4n) is 2.79. The van der Waals surface area contributed by atoms with Gasteiger partial charge in [0, 0.05) is 36.8 Å². The van der Waals surface area contributed by atoms with E-state index < -0.39 is 6.04 Å². The molecular formula is C20H21N3O2. The summed E-state index contributed by atoms with van der Waals surface area (Å²) in [7, 11) is 3.39. The molecule has 1 unspecified atom stereocenters. The third-order valence-corrected chi connectivity index (χ3v) is 4.21. The molecule has 128 valence electrons. The van der Waals surface area contributed by atoms with E-state index in [1.54, 1.807) is 20.3 Å². The van der Waals surface area contributed by atoms with E-state index in [1.165, 1.54) is 4.90 Å². The molecule has 0 spiro atoms. The first-order chi connectivity index (χ1) is 12.1. The van der Waals surface area contributed by atoms with Gasteiger partial charge in [0.25, 0.3) is 0 Å². The Morgan fingerprint density at radius 1 is 1.04 bits per heavy atom. The second-order valence-corrected chi connectivity index (χ2v) is 6.12. The van der Waals surface area contributed by atoms with Gasteiger partial charge in [-0.2, -0.15) is 0 Å². The number of hydrogen-bond acceptors (Lipinski definition) is 3. The van der Waals surface area contributed by atoms with Gasteiger partial charge in [-0.05, 0) is 11.6 Å². The van der Waals surface area contributed by atoms with Crippen LogP contribution in [0.15, 0.2) is 60.8 Å². The van der Waals surface area contributed by atoms with Crippen molar-refractivity contribution in [2.45, 2.75) is 6.04 Å². The molecule has 3 aromatic rings. The van der Waals surface area contributed by atoms with Crippen molar-refractivity contribution in [1.82, 2.24) is 15.2 Å². The Morgan fingerprint density at radius 2 is 1.72 bits per heavy atom. The SMILES string of the molecule is CN(C)C(=O)CNC(C(=O)c1c[nH]c2ccccc12)c1ccccc1. The van der Waals surface area contributed by atoms with Gasteiger partial charge in [0.2, 0.25) is 5.91 Å². The van der Waals surface area contributed by atoms with E-state index in [2.05, 4.69) is 10.3 Å². The van der Waals surface area contributed by atoms with Crippen LogP contribution in [-0.2, 0) is 4.79 Å². The average molecular weight is 335 g/mol. The molecule has 1 aromatic heterocycles. The molecule has 1 atom stereocenters. The lowest BCUT2D eigenvalue weighted by Gasteiger charge is -2.19. The number of aromatic nitrogens is 1. The van der Waals surface area contributed by atoms with Gasteiger partial charge in [0.05, 0.1) is 12.6 Å². The summed E-state index contributed by atoms with van der Waals surface area (Å²) < 4.78 is 0. The number of amides is 1. The number of carbonyl (C=O) groups is 2. The number of Topliss-reactive ketones (excluding diaryl/α,β-unsaturated/α-hetero) is 1.